The number of thiophene rings is 1. The van der Waals surface area contributed by atoms with Crippen molar-refractivity contribution in [1.82, 2.24) is 0 Å². The van der Waals surface area contributed by atoms with Crippen molar-refractivity contribution in [2.24, 2.45) is 5.73 Å². The predicted octanol–water partition coefficient (Wildman–Crippen LogP) is 4.33. The molecule has 0 saturated heterocycles. The van der Waals surface area contributed by atoms with Crippen LogP contribution in [0.5, 0.6) is 0 Å². The van der Waals surface area contributed by atoms with Crippen LogP contribution in [-0.2, 0) is 4.79 Å². The third-order valence-corrected chi connectivity index (χ3v) is 5.84. The average molecular weight is 383 g/mol. The lowest BCUT2D eigenvalue weighted by molar-refractivity contribution is -0.116. The smallest absolute Gasteiger partial charge is 0.161 e. The van der Waals surface area contributed by atoms with Crippen LogP contribution in [0.3, 0.4) is 0 Å². The number of anilines is 1. The number of para-hydroxylation sites is 1. The van der Waals surface area contributed by atoms with Gasteiger partial charge in [0, 0.05) is 22.6 Å². The molecular weight excluding hydrogens is 368 g/mol. The maximum absolute atomic E-state index is 14.5. The van der Waals surface area contributed by atoms with E-state index in [4.69, 9.17) is 5.73 Å². The fourth-order valence-corrected chi connectivity index (χ4v) is 4.63. The van der Waals surface area contributed by atoms with Gasteiger partial charge in [0.15, 0.2) is 5.78 Å². The quantitative estimate of drug-likeness (QED) is 0.838. The van der Waals surface area contributed by atoms with Crippen LogP contribution in [0.1, 0.15) is 30.1 Å². The van der Waals surface area contributed by atoms with E-state index in [-0.39, 0.29) is 22.9 Å². The number of hydrogen-bond donors (Lipinski definition) is 1. The fourth-order valence-electron chi connectivity index (χ4n) is 3.78. The minimum Gasteiger partial charge on any atom is -0.384 e. The lowest BCUT2D eigenvalue weighted by Crippen LogP contribution is -2.39. The Morgan fingerprint density at radius 2 is 1.93 bits per heavy atom. The van der Waals surface area contributed by atoms with Crippen molar-refractivity contribution < 1.29 is 13.6 Å². The number of rotatable bonds is 2. The van der Waals surface area contributed by atoms with Crippen LogP contribution in [0.4, 0.5) is 14.5 Å². The first-order valence-corrected chi connectivity index (χ1v) is 9.36. The van der Waals surface area contributed by atoms with Gasteiger partial charge in [-0.25, -0.2) is 8.78 Å². The van der Waals surface area contributed by atoms with Gasteiger partial charge in [0.05, 0.1) is 17.6 Å². The first-order chi connectivity index (χ1) is 13.0. The predicted molar refractivity (Wildman–Crippen MR) is 98.6 cm³/mol. The van der Waals surface area contributed by atoms with Gasteiger partial charge in [0.25, 0.3) is 0 Å². The molecule has 0 saturated carbocycles. The van der Waals surface area contributed by atoms with E-state index in [0.29, 0.717) is 30.5 Å². The molecule has 1 aromatic carbocycles. The van der Waals surface area contributed by atoms with Crippen molar-refractivity contribution in [2.45, 2.75) is 25.2 Å². The van der Waals surface area contributed by atoms with Gasteiger partial charge >= 0.3 is 0 Å². The van der Waals surface area contributed by atoms with Crippen LogP contribution >= 0.6 is 11.3 Å². The summed E-state index contributed by atoms with van der Waals surface area (Å²) in [6.45, 7) is 0. The minimum absolute atomic E-state index is 0.0339. The van der Waals surface area contributed by atoms with Crippen LogP contribution in [0, 0.1) is 23.0 Å². The summed E-state index contributed by atoms with van der Waals surface area (Å²) in [4.78, 5) is 14.8. The molecule has 1 unspecified atom stereocenters. The van der Waals surface area contributed by atoms with Crippen molar-refractivity contribution in [3.63, 3.8) is 0 Å². The lowest BCUT2D eigenvalue weighted by atomic mass is 9.78. The highest BCUT2D eigenvalue weighted by molar-refractivity contribution is 7.10. The van der Waals surface area contributed by atoms with Gasteiger partial charge in [-0.1, -0.05) is 12.1 Å². The van der Waals surface area contributed by atoms with E-state index in [1.165, 1.54) is 22.3 Å². The number of nitrogens with zero attached hydrogens (tertiary/aromatic N) is 2. The zero-order valence-corrected chi connectivity index (χ0v) is 15.0. The SMILES string of the molecule is N#CC1=C(N)N(c2c(F)cccc2F)C2=C(C(=O)CCC2)C1c1cccs1. The van der Waals surface area contributed by atoms with Gasteiger partial charge in [-0.05, 0) is 36.4 Å². The largest absolute Gasteiger partial charge is 0.384 e. The van der Waals surface area contributed by atoms with E-state index in [9.17, 15) is 18.8 Å². The van der Waals surface area contributed by atoms with Crippen LogP contribution < -0.4 is 10.6 Å². The molecule has 27 heavy (non-hydrogen) atoms. The number of carbonyl (C=O) groups excluding carboxylic acids is 1. The topological polar surface area (TPSA) is 70.1 Å². The van der Waals surface area contributed by atoms with E-state index in [1.54, 1.807) is 0 Å². The first kappa shape index (κ1) is 17.4. The molecule has 0 fully saturated rings. The van der Waals surface area contributed by atoms with Gasteiger partial charge < -0.3 is 5.73 Å². The molecule has 0 bridgehead atoms. The zero-order valence-electron chi connectivity index (χ0n) is 14.2. The second-order valence-electron chi connectivity index (χ2n) is 6.40. The molecule has 7 heteroatoms. The van der Waals surface area contributed by atoms with Crippen molar-refractivity contribution >= 4 is 22.8 Å². The number of halogens is 2. The Morgan fingerprint density at radius 3 is 2.56 bits per heavy atom. The van der Waals surface area contributed by atoms with Crippen molar-refractivity contribution in [1.29, 1.82) is 5.26 Å². The number of Topliss-reactive ketones (excluding diaryl/α,β-unsaturated/α-hetero) is 1. The van der Waals surface area contributed by atoms with E-state index in [1.807, 2.05) is 17.5 Å². The van der Waals surface area contributed by atoms with Gasteiger partial charge in [-0.2, -0.15) is 5.26 Å². The maximum atomic E-state index is 14.5. The van der Waals surface area contributed by atoms with Crippen molar-refractivity contribution in [3.8, 4) is 6.07 Å². The Hall–Kier alpha value is -2.98. The van der Waals surface area contributed by atoms with E-state index < -0.39 is 17.6 Å². The number of nitrogens with two attached hydrogens (primary N) is 1. The lowest BCUT2D eigenvalue weighted by Gasteiger charge is -2.39. The van der Waals surface area contributed by atoms with E-state index in [0.717, 1.165) is 17.0 Å². The summed E-state index contributed by atoms with van der Waals surface area (Å²) in [5.74, 6) is -2.33. The molecule has 136 valence electrons. The summed E-state index contributed by atoms with van der Waals surface area (Å²) in [5, 5.41) is 11.6. The molecule has 1 aromatic heterocycles. The van der Waals surface area contributed by atoms with Crippen LogP contribution in [0.25, 0.3) is 0 Å². The highest BCUT2D eigenvalue weighted by Gasteiger charge is 2.41. The van der Waals surface area contributed by atoms with E-state index in [2.05, 4.69) is 6.07 Å². The number of ketones is 1. The Labute approximate surface area is 158 Å². The number of allylic oxidation sites excluding steroid dienone is 3. The third-order valence-electron chi connectivity index (χ3n) is 4.90. The molecule has 1 atom stereocenters. The average Bonchev–Trinajstić information content (AvgIpc) is 3.17. The standard InChI is InChI=1S/C20H15F2N3OS/c21-12-4-1-5-13(22)19(12)25-14-6-2-7-15(26)18(14)17(11(10-23)20(25)24)16-8-3-9-27-16/h1,3-5,8-9,17H,2,6-7,24H2. The molecule has 0 spiro atoms. The molecule has 2 aliphatic rings. The summed E-state index contributed by atoms with van der Waals surface area (Å²) >= 11 is 1.42. The van der Waals surface area contributed by atoms with Crippen molar-refractivity contribution in [2.75, 3.05) is 4.90 Å². The molecule has 1 aliphatic heterocycles. The Bertz CT molecular complexity index is 1010. The molecule has 2 N–H and O–H groups in total. The van der Waals surface area contributed by atoms with Crippen LogP contribution in [0.15, 0.2) is 58.4 Å². The number of benzene rings is 1. The van der Waals surface area contributed by atoms with Gasteiger partial charge in [-0.3, -0.25) is 9.69 Å². The molecule has 2 heterocycles. The molecule has 4 nitrogen and oxygen atoms in total. The second kappa shape index (κ2) is 6.63. The highest BCUT2D eigenvalue weighted by atomic mass is 32.1. The third kappa shape index (κ3) is 2.64. The van der Waals surface area contributed by atoms with Gasteiger partial charge in [0.1, 0.15) is 23.1 Å². The number of carbonyl (C=O) groups is 1. The summed E-state index contributed by atoms with van der Waals surface area (Å²) in [7, 11) is 0. The summed E-state index contributed by atoms with van der Waals surface area (Å²) in [5.41, 5.74) is 6.93. The van der Waals surface area contributed by atoms with Gasteiger partial charge in [-0.15, -0.1) is 11.3 Å². The van der Waals surface area contributed by atoms with Crippen LogP contribution in [-0.4, -0.2) is 5.78 Å². The fraction of sp³-hybridized carbons (Fsp3) is 0.200. The highest BCUT2D eigenvalue weighted by Crippen LogP contribution is 2.47. The molecule has 1 aliphatic carbocycles. The Morgan fingerprint density at radius 1 is 1.19 bits per heavy atom. The monoisotopic (exact) mass is 383 g/mol. The molecular formula is C20H15F2N3OS. The first-order valence-electron chi connectivity index (χ1n) is 8.48. The number of hydrogen-bond acceptors (Lipinski definition) is 5. The summed E-state index contributed by atoms with van der Waals surface area (Å²) in [6.07, 6.45) is 1.36. The Balaban J connectivity index is 2.02. The van der Waals surface area contributed by atoms with Crippen LogP contribution in [0.2, 0.25) is 0 Å². The Kier molecular flexibility index (Phi) is 4.28. The van der Waals surface area contributed by atoms with E-state index >= 15 is 0 Å². The minimum atomic E-state index is -0.797. The zero-order chi connectivity index (χ0) is 19.1. The van der Waals surface area contributed by atoms with Gasteiger partial charge in [0.2, 0.25) is 0 Å². The van der Waals surface area contributed by atoms with Crippen molar-refractivity contribution in [3.05, 3.63) is 74.9 Å². The maximum Gasteiger partial charge on any atom is 0.161 e. The summed E-state index contributed by atoms with van der Waals surface area (Å²) < 4.78 is 29.0. The normalized spacial score (nSPS) is 20.0. The number of nitriles is 1. The molecule has 4 rings (SSSR count). The molecule has 2 aromatic rings. The summed E-state index contributed by atoms with van der Waals surface area (Å²) in [6, 6.07) is 9.28. The molecule has 0 radical (unpaired) electrons. The second-order valence-corrected chi connectivity index (χ2v) is 7.38. The molecule has 0 amide bonds.